The maximum Gasteiger partial charge on any atom is 0.320 e. The molecule has 0 spiro atoms. The fourth-order valence-electron chi connectivity index (χ4n) is 1.35. The molecule has 0 aliphatic rings. The van der Waals surface area contributed by atoms with E-state index >= 15 is 0 Å². The number of sulfonamides is 1. The standard InChI is InChI=1S/C11H14FNO6S/c1-17-8-4-7(12)10(5-9(8)18-2)20(15,16)13-6-11(14)19-3/h4-5,13H,6H2,1-3H3. The van der Waals surface area contributed by atoms with Crippen LogP contribution in [0.1, 0.15) is 0 Å². The largest absolute Gasteiger partial charge is 0.493 e. The van der Waals surface area contributed by atoms with Gasteiger partial charge in [-0.3, -0.25) is 4.79 Å². The van der Waals surface area contributed by atoms with E-state index in [0.717, 1.165) is 19.2 Å². The van der Waals surface area contributed by atoms with Crippen LogP contribution < -0.4 is 14.2 Å². The second kappa shape index (κ2) is 6.53. The zero-order valence-corrected chi connectivity index (χ0v) is 11.9. The van der Waals surface area contributed by atoms with E-state index in [2.05, 4.69) is 4.74 Å². The van der Waals surface area contributed by atoms with E-state index in [-0.39, 0.29) is 11.5 Å². The Balaban J connectivity index is 3.15. The molecule has 0 bridgehead atoms. The first-order valence-corrected chi connectivity index (χ1v) is 6.82. The highest BCUT2D eigenvalue weighted by atomic mass is 32.2. The van der Waals surface area contributed by atoms with E-state index in [1.54, 1.807) is 0 Å². The molecule has 7 nitrogen and oxygen atoms in total. The average molecular weight is 307 g/mol. The molecule has 1 N–H and O–H groups in total. The lowest BCUT2D eigenvalue weighted by atomic mass is 10.3. The maximum absolute atomic E-state index is 13.8. The topological polar surface area (TPSA) is 90.9 Å². The van der Waals surface area contributed by atoms with Crippen molar-refractivity contribution in [3.05, 3.63) is 17.9 Å². The van der Waals surface area contributed by atoms with Crippen molar-refractivity contribution >= 4 is 16.0 Å². The van der Waals surface area contributed by atoms with Crippen molar-refractivity contribution in [3.8, 4) is 11.5 Å². The Kier molecular flexibility index (Phi) is 5.28. The molecule has 0 radical (unpaired) electrons. The van der Waals surface area contributed by atoms with Crippen molar-refractivity contribution in [2.45, 2.75) is 4.90 Å². The molecule has 0 heterocycles. The highest BCUT2D eigenvalue weighted by molar-refractivity contribution is 7.89. The Morgan fingerprint density at radius 2 is 1.75 bits per heavy atom. The zero-order chi connectivity index (χ0) is 15.3. The van der Waals surface area contributed by atoms with Gasteiger partial charge in [0.15, 0.2) is 11.5 Å². The van der Waals surface area contributed by atoms with Gasteiger partial charge in [0.05, 0.1) is 21.3 Å². The van der Waals surface area contributed by atoms with Crippen LogP contribution in [0.25, 0.3) is 0 Å². The third-order valence-electron chi connectivity index (χ3n) is 2.36. The Hall–Kier alpha value is -1.87. The van der Waals surface area contributed by atoms with Crippen molar-refractivity contribution in [2.24, 2.45) is 0 Å². The Morgan fingerprint density at radius 3 is 2.25 bits per heavy atom. The molecule has 0 fully saturated rings. The summed E-state index contributed by atoms with van der Waals surface area (Å²) >= 11 is 0. The SMILES string of the molecule is COC(=O)CNS(=O)(=O)c1cc(OC)c(OC)cc1F. The predicted octanol–water partition coefficient (Wildman–Crippen LogP) is 0.294. The molecule has 112 valence electrons. The molecule has 0 amide bonds. The summed E-state index contributed by atoms with van der Waals surface area (Å²) in [7, 11) is -0.532. The van der Waals surface area contributed by atoms with Crippen LogP contribution in [0, 0.1) is 5.82 Å². The summed E-state index contributed by atoms with van der Waals surface area (Å²) in [5, 5.41) is 0. The van der Waals surface area contributed by atoms with Gasteiger partial charge < -0.3 is 14.2 Å². The van der Waals surface area contributed by atoms with Crippen LogP contribution in [0.4, 0.5) is 4.39 Å². The molecule has 0 aliphatic heterocycles. The molecule has 0 aliphatic carbocycles. The lowest BCUT2D eigenvalue weighted by molar-refractivity contribution is -0.139. The van der Waals surface area contributed by atoms with Crippen LogP contribution in [0.5, 0.6) is 11.5 Å². The number of hydrogen-bond donors (Lipinski definition) is 1. The fourth-order valence-corrected chi connectivity index (χ4v) is 2.39. The molecule has 1 rings (SSSR count). The molecule has 0 saturated heterocycles. The minimum absolute atomic E-state index is 0.0485. The van der Waals surface area contributed by atoms with Crippen molar-refractivity contribution in [2.75, 3.05) is 27.9 Å². The van der Waals surface area contributed by atoms with E-state index in [0.29, 0.717) is 0 Å². The monoisotopic (exact) mass is 307 g/mol. The first-order valence-electron chi connectivity index (χ1n) is 5.33. The first-order chi connectivity index (χ1) is 9.35. The van der Waals surface area contributed by atoms with Gasteiger partial charge in [-0.15, -0.1) is 0 Å². The highest BCUT2D eigenvalue weighted by Crippen LogP contribution is 2.31. The minimum atomic E-state index is -4.22. The zero-order valence-electron chi connectivity index (χ0n) is 11.1. The fraction of sp³-hybridized carbons (Fsp3) is 0.364. The minimum Gasteiger partial charge on any atom is -0.493 e. The van der Waals surface area contributed by atoms with Crippen molar-refractivity contribution < 1.29 is 31.8 Å². The van der Waals surface area contributed by atoms with E-state index in [1.807, 2.05) is 4.72 Å². The van der Waals surface area contributed by atoms with Crippen LogP contribution in [-0.4, -0.2) is 42.3 Å². The van der Waals surface area contributed by atoms with Gasteiger partial charge in [-0.1, -0.05) is 0 Å². The predicted molar refractivity (Wildman–Crippen MR) is 66.7 cm³/mol. The summed E-state index contributed by atoms with van der Waals surface area (Å²) in [5.41, 5.74) is 0. The van der Waals surface area contributed by atoms with Gasteiger partial charge >= 0.3 is 5.97 Å². The summed E-state index contributed by atoms with van der Waals surface area (Å²) in [6.45, 7) is -0.605. The third kappa shape index (κ3) is 3.58. The highest BCUT2D eigenvalue weighted by Gasteiger charge is 2.23. The molecular weight excluding hydrogens is 293 g/mol. The van der Waals surface area contributed by atoms with Crippen LogP contribution in [0.15, 0.2) is 17.0 Å². The molecule has 0 saturated carbocycles. The van der Waals surface area contributed by atoms with Crippen LogP contribution in [0.2, 0.25) is 0 Å². The quantitative estimate of drug-likeness (QED) is 0.760. The molecule has 0 unspecified atom stereocenters. The number of halogens is 1. The van der Waals surface area contributed by atoms with E-state index in [9.17, 15) is 17.6 Å². The summed E-state index contributed by atoms with van der Waals surface area (Å²) in [6, 6.07) is 1.85. The average Bonchev–Trinajstić information content (AvgIpc) is 2.44. The Morgan fingerprint density at radius 1 is 1.20 bits per heavy atom. The number of carbonyl (C=O) groups is 1. The molecule has 0 aromatic heterocycles. The second-order valence-electron chi connectivity index (χ2n) is 3.54. The number of rotatable bonds is 6. The van der Waals surface area contributed by atoms with Crippen molar-refractivity contribution in [1.29, 1.82) is 0 Å². The summed E-state index contributed by atoms with van der Waals surface area (Å²) in [5.74, 6) is -1.72. The molecule has 1 aromatic rings. The summed E-state index contributed by atoms with van der Waals surface area (Å²) in [4.78, 5) is 10.3. The van der Waals surface area contributed by atoms with Crippen LogP contribution in [0.3, 0.4) is 0 Å². The van der Waals surface area contributed by atoms with Gasteiger partial charge in [0.1, 0.15) is 17.3 Å². The molecule has 1 aromatic carbocycles. The van der Waals surface area contributed by atoms with Crippen LogP contribution >= 0.6 is 0 Å². The first kappa shape index (κ1) is 16.2. The molecule has 20 heavy (non-hydrogen) atoms. The number of carbonyl (C=O) groups excluding carboxylic acids is 1. The third-order valence-corrected chi connectivity index (χ3v) is 3.78. The van der Waals surface area contributed by atoms with Crippen molar-refractivity contribution in [1.82, 2.24) is 4.72 Å². The second-order valence-corrected chi connectivity index (χ2v) is 5.27. The van der Waals surface area contributed by atoms with Crippen molar-refractivity contribution in [3.63, 3.8) is 0 Å². The van der Waals surface area contributed by atoms with E-state index < -0.39 is 33.3 Å². The van der Waals surface area contributed by atoms with Gasteiger partial charge in [0.2, 0.25) is 10.0 Å². The van der Waals surface area contributed by atoms with Gasteiger partial charge in [-0.2, -0.15) is 4.72 Å². The Bertz CT molecular complexity index is 601. The van der Waals surface area contributed by atoms with Crippen LogP contribution in [-0.2, 0) is 19.6 Å². The number of ether oxygens (including phenoxy) is 3. The summed E-state index contributed by atoms with van der Waals surface area (Å²) < 4.78 is 53.5. The van der Waals surface area contributed by atoms with E-state index in [4.69, 9.17) is 9.47 Å². The number of benzene rings is 1. The molecular formula is C11H14FNO6S. The number of nitrogens with one attached hydrogen (secondary N) is 1. The number of methoxy groups -OCH3 is 3. The van der Waals surface area contributed by atoms with E-state index in [1.165, 1.54) is 14.2 Å². The normalized spacial score (nSPS) is 11.0. The Labute approximate surface area is 115 Å². The van der Waals surface area contributed by atoms with Gasteiger partial charge in [0.25, 0.3) is 0 Å². The van der Waals surface area contributed by atoms with Gasteiger partial charge in [-0.25, -0.2) is 12.8 Å². The lowest BCUT2D eigenvalue weighted by Gasteiger charge is -2.11. The number of esters is 1. The smallest absolute Gasteiger partial charge is 0.320 e. The van der Waals surface area contributed by atoms with Gasteiger partial charge in [-0.05, 0) is 0 Å². The maximum atomic E-state index is 13.8. The molecule has 0 atom stereocenters. The lowest BCUT2D eigenvalue weighted by Crippen LogP contribution is -2.30. The van der Waals surface area contributed by atoms with Gasteiger partial charge in [0, 0.05) is 12.1 Å². The summed E-state index contributed by atoms with van der Waals surface area (Å²) in [6.07, 6.45) is 0. The molecule has 9 heteroatoms. The number of hydrogen-bond acceptors (Lipinski definition) is 6.